The smallest absolute Gasteiger partial charge is 0.277 e. The van der Waals surface area contributed by atoms with Crippen molar-refractivity contribution in [2.75, 3.05) is 11.1 Å². The predicted molar refractivity (Wildman–Crippen MR) is 65.8 cm³/mol. The first kappa shape index (κ1) is 12.3. The first-order chi connectivity index (χ1) is 8.56. The van der Waals surface area contributed by atoms with Crippen LogP contribution in [-0.2, 0) is 0 Å². The van der Waals surface area contributed by atoms with E-state index in [1.54, 1.807) is 0 Å². The van der Waals surface area contributed by atoms with Crippen LogP contribution in [0.2, 0.25) is 5.02 Å². The lowest BCUT2D eigenvalue weighted by molar-refractivity contribution is 0.102. The Morgan fingerprint density at radius 2 is 2.11 bits per heavy atom. The zero-order valence-electron chi connectivity index (χ0n) is 9.02. The summed E-state index contributed by atoms with van der Waals surface area (Å²) in [6.07, 6.45) is 0.990. The Balaban J connectivity index is 2.21. The van der Waals surface area contributed by atoms with Crippen LogP contribution >= 0.6 is 11.6 Å². The van der Waals surface area contributed by atoms with Gasteiger partial charge in [-0.15, -0.1) is 0 Å². The SMILES string of the molecule is Nc1ccc(Cl)c(C(=O)Nc2ccc(F)cn2)n1. The summed E-state index contributed by atoms with van der Waals surface area (Å²) in [5, 5.41) is 2.60. The summed E-state index contributed by atoms with van der Waals surface area (Å²) in [6, 6.07) is 5.45. The molecule has 0 saturated heterocycles. The molecule has 0 aromatic carbocycles. The van der Waals surface area contributed by atoms with E-state index >= 15 is 0 Å². The highest BCUT2D eigenvalue weighted by molar-refractivity contribution is 6.34. The summed E-state index contributed by atoms with van der Waals surface area (Å²) >= 11 is 5.82. The average Bonchev–Trinajstić information content (AvgIpc) is 2.35. The third kappa shape index (κ3) is 2.72. The molecule has 2 heterocycles. The van der Waals surface area contributed by atoms with Crippen molar-refractivity contribution in [2.45, 2.75) is 0 Å². The second-order valence-corrected chi connectivity index (χ2v) is 3.79. The van der Waals surface area contributed by atoms with Crippen LogP contribution < -0.4 is 11.1 Å². The van der Waals surface area contributed by atoms with Gasteiger partial charge in [0, 0.05) is 0 Å². The van der Waals surface area contributed by atoms with Crippen LogP contribution in [0.25, 0.3) is 0 Å². The van der Waals surface area contributed by atoms with Crippen molar-refractivity contribution in [1.29, 1.82) is 0 Å². The van der Waals surface area contributed by atoms with Gasteiger partial charge in [0.25, 0.3) is 5.91 Å². The molecule has 2 rings (SSSR count). The second kappa shape index (κ2) is 4.97. The Kier molecular flexibility index (Phi) is 3.38. The van der Waals surface area contributed by atoms with Gasteiger partial charge in [-0.05, 0) is 24.3 Å². The van der Waals surface area contributed by atoms with Crippen LogP contribution in [0.3, 0.4) is 0 Å². The summed E-state index contributed by atoms with van der Waals surface area (Å²) < 4.78 is 12.6. The van der Waals surface area contributed by atoms with Gasteiger partial charge >= 0.3 is 0 Å². The average molecular weight is 267 g/mol. The molecule has 2 aromatic heterocycles. The van der Waals surface area contributed by atoms with Gasteiger partial charge in [-0.2, -0.15) is 0 Å². The van der Waals surface area contributed by atoms with Crippen LogP contribution in [0.15, 0.2) is 30.5 Å². The van der Waals surface area contributed by atoms with Crippen molar-refractivity contribution >= 4 is 29.1 Å². The van der Waals surface area contributed by atoms with E-state index in [9.17, 15) is 9.18 Å². The molecule has 0 aliphatic rings. The number of aromatic nitrogens is 2. The number of hydrogen-bond donors (Lipinski definition) is 2. The number of carbonyl (C=O) groups excluding carboxylic acids is 1. The number of amides is 1. The zero-order chi connectivity index (χ0) is 13.1. The minimum atomic E-state index is -0.564. The Bertz CT molecular complexity index is 588. The van der Waals surface area contributed by atoms with Gasteiger partial charge in [-0.3, -0.25) is 4.79 Å². The monoisotopic (exact) mass is 266 g/mol. The van der Waals surface area contributed by atoms with Gasteiger partial charge in [0.15, 0.2) is 0 Å². The summed E-state index contributed by atoms with van der Waals surface area (Å²) in [5.74, 6) is -0.683. The van der Waals surface area contributed by atoms with Gasteiger partial charge in [-0.1, -0.05) is 11.6 Å². The van der Waals surface area contributed by atoms with Gasteiger partial charge in [-0.25, -0.2) is 14.4 Å². The van der Waals surface area contributed by atoms with Crippen LogP contribution in [0.1, 0.15) is 10.5 Å². The van der Waals surface area contributed by atoms with E-state index in [4.69, 9.17) is 17.3 Å². The highest BCUT2D eigenvalue weighted by Crippen LogP contribution is 2.16. The normalized spacial score (nSPS) is 10.1. The molecule has 0 bridgehead atoms. The zero-order valence-corrected chi connectivity index (χ0v) is 9.78. The second-order valence-electron chi connectivity index (χ2n) is 3.38. The molecule has 0 radical (unpaired) electrons. The highest BCUT2D eigenvalue weighted by atomic mass is 35.5. The maximum absolute atomic E-state index is 12.6. The van der Waals surface area contributed by atoms with E-state index in [0.29, 0.717) is 0 Å². The van der Waals surface area contributed by atoms with E-state index in [1.165, 1.54) is 24.3 Å². The van der Waals surface area contributed by atoms with Gasteiger partial charge in [0.05, 0.1) is 11.2 Å². The van der Waals surface area contributed by atoms with Crippen molar-refractivity contribution < 1.29 is 9.18 Å². The quantitative estimate of drug-likeness (QED) is 0.872. The maximum atomic E-state index is 12.6. The molecule has 92 valence electrons. The van der Waals surface area contributed by atoms with E-state index in [0.717, 1.165) is 6.20 Å². The van der Waals surface area contributed by atoms with Crippen LogP contribution in [0, 0.1) is 5.82 Å². The van der Waals surface area contributed by atoms with Crippen LogP contribution in [0.4, 0.5) is 16.0 Å². The fourth-order valence-corrected chi connectivity index (χ4v) is 1.43. The number of pyridine rings is 2. The lowest BCUT2D eigenvalue weighted by atomic mass is 10.3. The first-order valence-electron chi connectivity index (χ1n) is 4.91. The largest absolute Gasteiger partial charge is 0.384 e. The van der Waals surface area contributed by atoms with Crippen molar-refractivity contribution in [1.82, 2.24) is 9.97 Å². The lowest BCUT2D eigenvalue weighted by Crippen LogP contribution is -2.15. The number of nitrogens with two attached hydrogens (primary N) is 1. The summed E-state index contributed by atoms with van der Waals surface area (Å²) in [5.41, 5.74) is 5.45. The fraction of sp³-hybridized carbons (Fsp3) is 0. The van der Waals surface area contributed by atoms with E-state index < -0.39 is 11.7 Å². The van der Waals surface area contributed by atoms with Crippen LogP contribution in [-0.4, -0.2) is 15.9 Å². The number of hydrogen-bond acceptors (Lipinski definition) is 4. The third-order valence-corrected chi connectivity index (χ3v) is 2.36. The summed E-state index contributed by atoms with van der Waals surface area (Å²) in [4.78, 5) is 19.3. The number of anilines is 2. The Morgan fingerprint density at radius 1 is 1.33 bits per heavy atom. The van der Waals surface area contributed by atoms with Crippen molar-refractivity contribution in [3.05, 3.63) is 47.0 Å². The van der Waals surface area contributed by atoms with Gasteiger partial charge < -0.3 is 11.1 Å². The molecule has 2 aromatic rings. The first-order valence-corrected chi connectivity index (χ1v) is 5.29. The molecule has 0 saturated carbocycles. The Morgan fingerprint density at radius 3 is 2.78 bits per heavy atom. The number of nitrogens with one attached hydrogen (secondary N) is 1. The van der Waals surface area contributed by atoms with Gasteiger partial charge in [0.2, 0.25) is 0 Å². The minimum Gasteiger partial charge on any atom is -0.384 e. The molecule has 0 aliphatic carbocycles. The lowest BCUT2D eigenvalue weighted by Gasteiger charge is -2.05. The van der Waals surface area contributed by atoms with Crippen molar-refractivity contribution in [3.63, 3.8) is 0 Å². The topological polar surface area (TPSA) is 80.9 Å². The fourth-order valence-electron chi connectivity index (χ4n) is 1.24. The number of nitrogens with zero attached hydrogens (tertiary/aromatic N) is 2. The number of carbonyl (C=O) groups is 1. The van der Waals surface area contributed by atoms with E-state index in [1.807, 2.05) is 0 Å². The predicted octanol–water partition coefficient (Wildman–Crippen LogP) is 2.10. The maximum Gasteiger partial charge on any atom is 0.277 e. The van der Waals surface area contributed by atoms with E-state index in [-0.39, 0.29) is 22.4 Å². The molecule has 1 amide bonds. The standard InChI is InChI=1S/C11H8ClFN4O/c12-7-2-3-8(14)16-10(7)11(18)17-9-4-1-6(13)5-15-9/h1-5H,(H2,14,16)(H,15,17,18). The minimum absolute atomic E-state index is 0.0113. The molecule has 0 atom stereocenters. The Labute approximate surface area is 107 Å². The molecule has 3 N–H and O–H groups in total. The molecule has 0 aliphatic heterocycles. The van der Waals surface area contributed by atoms with Crippen molar-refractivity contribution in [3.8, 4) is 0 Å². The molecule has 18 heavy (non-hydrogen) atoms. The Hall–Kier alpha value is -2.21. The molecule has 0 fully saturated rings. The highest BCUT2D eigenvalue weighted by Gasteiger charge is 2.13. The third-order valence-electron chi connectivity index (χ3n) is 2.05. The number of nitrogen functional groups attached to an aromatic ring is 1. The molecule has 0 unspecified atom stereocenters. The number of rotatable bonds is 2. The van der Waals surface area contributed by atoms with E-state index in [2.05, 4.69) is 15.3 Å². The van der Waals surface area contributed by atoms with Crippen molar-refractivity contribution in [2.24, 2.45) is 0 Å². The molecule has 5 nitrogen and oxygen atoms in total. The number of halogens is 2. The molecular weight excluding hydrogens is 259 g/mol. The summed E-state index contributed by atoms with van der Waals surface area (Å²) in [6.45, 7) is 0. The summed E-state index contributed by atoms with van der Waals surface area (Å²) in [7, 11) is 0. The molecule has 7 heteroatoms. The van der Waals surface area contributed by atoms with Crippen LogP contribution in [0.5, 0.6) is 0 Å². The molecule has 0 spiro atoms. The van der Waals surface area contributed by atoms with Gasteiger partial charge in [0.1, 0.15) is 23.1 Å². The molecular formula is C11H8ClFN4O.